The van der Waals surface area contributed by atoms with Crippen molar-refractivity contribution in [1.29, 1.82) is 0 Å². The Kier molecular flexibility index (Phi) is 4.63. The number of methoxy groups -OCH3 is 2. The monoisotopic (exact) mass is 267 g/mol. The maximum absolute atomic E-state index is 12.7. The van der Waals surface area contributed by atoms with Gasteiger partial charge in [0.15, 0.2) is 0 Å². The van der Waals surface area contributed by atoms with Gasteiger partial charge >= 0.3 is 12.3 Å². The topological polar surface area (TPSA) is 30.5 Å². The van der Waals surface area contributed by atoms with Gasteiger partial charge in [-0.25, -0.2) is 8.78 Å². The summed E-state index contributed by atoms with van der Waals surface area (Å²) in [7, 11) is 2.79. The van der Waals surface area contributed by atoms with Gasteiger partial charge in [-0.3, -0.25) is 0 Å². The maximum atomic E-state index is 12.7. The van der Waals surface area contributed by atoms with Gasteiger partial charge < -0.3 is 14.8 Å². The zero-order valence-corrected chi connectivity index (χ0v) is 9.84. The Morgan fingerprint density at radius 1 is 1.11 bits per heavy atom. The molecule has 1 rings (SSSR count). The molecule has 102 valence electrons. The number of benzene rings is 1. The number of nitrogens with one attached hydrogen (secondary N) is 1. The quantitative estimate of drug-likeness (QED) is 0.804. The molecule has 1 N–H and O–H groups in total. The van der Waals surface area contributed by atoms with E-state index < -0.39 is 18.9 Å². The first kappa shape index (κ1) is 14.4. The highest BCUT2D eigenvalue weighted by molar-refractivity contribution is 5.53. The molecule has 1 aromatic rings. The van der Waals surface area contributed by atoms with Gasteiger partial charge in [-0.05, 0) is 0 Å². The summed E-state index contributed by atoms with van der Waals surface area (Å²) in [6.07, 6.45) is -3.71. The molecule has 3 nitrogen and oxygen atoms in total. The second-order valence-corrected chi connectivity index (χ2v) is 3.52. The van der Waals surface area contributed by atoms with Crippen molar-refractivity contribution in [2.75, 3.05) is 26.1 Å². The standard InChI is InChI=1S/C11H13F4NO2/c1-17-8-3-7(4-9(5-8)18-2)16-6-11(14,15)10(12)13/h3-5,10,16H,6H2,1-2H3. The molecule has 18 heavy (non-hydrogen) atoms. The predicted octanol–water partition coefficient (Wildman–Crippen LogP) is 3.02. The van der Waals surface area contributed by atoms with Crippen LogP contribution in [0.2, 0.25) is 0 Å². The van der Waals surface area contributed by atoms with Crippen molar-refractivity contribution in [1.82, 2.24) is 0 Å². The molecule has 0 amide bonds. The van der Waals surface area contributed by atoms with Crippen LogP contribution in [0.5, 0.6) is 11.5 Å². The minimum Gasteiger partial charge on any atom is -0.497 e. The highest BCUT2D eigenvalue weighted by Crippen LogP contribution is 2.28. The molecule has 0 spiro atoms. The highest BCUT2D eigenvalue weighted by atomic mass is 19.3. The first-order valence-electron chi connectivity index (χ1n) is 5.02. The molecule has 0 aliphatic carbocycles. The van der Waals surface area contributed by atoms with E-state index in [9.17, 15) is 17.6 Å². The molecule has 0 atom stereocenters. The normalized spacial score (nSPS) is 11.5. The second-order valence-electron chi connectivity index (χ2n) is 3.52. The van der Waals surface area contributed by atoms with Crippen LogP contribution >= 0.6 is 0 Å². The lowest BCUT2D eigenvalue weighted by Crippen LogP contribution is -2.34. The van der Waals surface area contributed by atoms with E-state index in [1.54, 1.807) is 0 Å². The Bertz CT molecular complexity index is 376. The maximum Gasteiger partial charge on any atom is 0.324 e. The van der Waals surface area contributed by atoms with E-state index in [2.05, 4.69) is 5.32 Å². The average molecular weight is 267 g/mol. The Balaban J connectivity index is 2.78. The van der Waals surface area contributed by atoms with Gasteiger partial charge in [0, 0.05) is 23.9 Å². The van der Waals surface area contributed by atoms with Gasteiger partial charge in [-0.1, -0.05) is 0 Å². The van der Waals surface area contributed by atoms with Crippen LogP contribution in [0.15, 0.2) is 18.2 Å². The summed E-state index contributed by atoms with van der Waals surface area (Å²) in [5.41, 5.74) is 0.214. The van der Waals surface area contributed by atoms with Gasteiger partial charge in [-0.15, -0.1) is 0 Å². The molecule has 0 aliphatic rings. The summed E-state index contributed by atoms with van der Waals surface area (Å²) >= 11 is 0. The van der Waals surface area contributed by atoms with Crippen LogP contribution in [0.4, 0.5) is 23.2 Å². The lowest BCUT2D eigenvalue weighted by Gasteiger charge is -2.17. The van der Waals surface area contributed by atoms with Gasteiger partial charge in [0.25, 0.3) is 0 Å². The van der Waals surface area contributed by atoms with Crippen LogP contribution in [-0.2, 0) is 0 Å². The first-order chi connectivity index (χ1) is 8.39. The summed E-state index contributed by atoms with van der Waals surface area (Å²) in [6.45, 7) is -1.17. The molecule has 0 saturated carbocycles. The van der Waals surface area contributed by atoms with Crippen molar-refractivity contribution >= 4 is 5.69 Å². The molecule has 0 aliphatic heterocycles. The Morgan fingerprint density at radius 2 is 1.61 bits per heavy atom. The molecule has 0 aromatic heterocycles. The molecule has 0 radical (unpaired) electrons. The molecular weight excluding hydrogens is 254 g/mol. The van der Waals surface area contributed by atoms with E-state index in [0.29, 0.717) is 11.5 Å². The van der Waals surface area contributed by atoms with Crippen molar-refractivity contribution in [3.8, 4) is 11.5 Å². The zero-order valence-electron chi connectivity index (χ0n) is 9.84. The smallest absolute Gasteiger partial charge is 0.324 e. The molecule has 1 aromatic carbocycles. The van der Waals surface area contributed by atoms with Crippen LogP contribution < -0.4 is 14.8 Å². The predicted molar refractivity (Wildman–Crippen MR) is 59.0 cm³/mol. The number of alkyl halides is 4. The molecule has 0 unspecified atom stereocenters. The summed E-state index contributed by atoms with van der Waals surface area (Å²) in [5.74, 6) is -3.34. The van der Waals surface area contributed by atoms with Crippen LogP contribution in [-0.4, -0.2) is 33.1 Å². The van der Waals surface area contributed by atoms with Crippen molar-refractivity contribution in [2.45, 2.75) is 12.3 Å². The lowest BCUT2D eigenvalue weighted by molar-refractivity contribution is -0.117. The summed E-state index contributed by atoms with van der Waals surface area (Å²) in [5, 5.41) is 2.23. The molecule has 7 heteroatoms. The summed E-state index contributed by atoms with van der Waals surface area (Å²) in [6, 6.07) is 4.35. The van der Waals surface area contributed by atoms with Crippen molar-refractivity contribution in [3.05, 3.63) is 18.2 Å². The average Bonchev–Trinajstić information content (AvgIpc) is 2.35. The van der Waals surface area contributed by atoms with Crippen molar-refractivity contribution in [2.24, 2.45) is 0 Å². The number of anilines is 1. The molecule has 0 fully saturated rings. The third-order valence-corrected chi connectivity index (χ3v) is 2.20. The zero-order chi connectivity index (χ0) is 13.8. The first-order valence-corrected chi connectivity index (χ1v) is 5.02. The Morgan fingerprint density at radius 3 is 2.00 bits per heavy atom. The van der Waals surface area contributed by atoms with Crippen LogP contribution in [0.1, 0.15) is 0 Å². The lowest BCUT2D eigenvalue weighted by atomic mass is 10.2. The minimum absolute atomic E-state index is 0.214. The Labute approximate surface area is 102 Å². The van der Waals surface area contributed by atoms with E-state index in [-0.39, 0.29) is 5.69 Å². The third-order valence-electron chi connectivity index (χ3n) is 2.20. The van der Waals surface area contributed by atoms with Gasteiger partial charge in [-0.2, -0.15) is 8.78 Å². The van der Waals surface area contributed by atoms with E-state index in [1.807, 2.05) is 0 Å². The van der Waals surface area contributed by atoms with E-state index in [0.717, 1.165) is 0 Å². The van der Waals surface area contributed by atoms with E-state index in [1.165, 1.54) is 32.4 Å². The number of halogens is 4. The SMILES string of the molecule is COc1cc(NCC(F)(F)C(F)F)cc(OC)c1. The molecule has 0 saturated heterocycles. The van der Waals surface area contributed by atoms with Gasteiger partial charge in [0.1, 0.15) is 11.5 Å². The van der Waals surface area contributed by atoms with E-state index >= 15 is 0 Å². The number of hydrogen-bond acceptors (Lipinski definition) is 3. The largest absolute Gasteiger partial charge is 0.497 e. The fourth-order valence-corrected chi connectivity index (χ4v) is 1.21. The molecule has 0 heterocycles. The van der Waals surface area contributed by atoms with Crippen molar-refractivity contribution < 1.29 is 27.0 Å². The third kappa shape index (κ3) is 3.68. The molecular formula is C11H13F4NO2. The van der Waals surface area contributed by atoms with Gasteiger partial charge in [0.2, 0.25) is 0 Å². The van der Waals surface area contributed by atoms with E-state index in [4.69, 9.17) is 9.47 Å². The fraction of sp³-hybridized carbons (Fsp3) is 0.455. The summed E-state index contributed by atoms with van der Waals surface area (Å²) < 4.78 is 59.2. The van der Waals surface area contributed by atoms with Crippen LogP contribution in [0, 0.1) is 0 Å². The highest BCUT2D eigenvalue weighted by Gasteiger charge is 2.40. The second kappa shape index (κ2) is 5.79. The van der Waals surface area contributed by atoms with Crippen LogP contribution in [0.3, 0.4) is 0 Å². The fourth-order valence-electron chi connectivity index (χ4n) is 1.21. The Hall–Kier alpha value is -1.66. The van der Waals surface area contributed by atoms with Gasteiger partial charge in [0.05, 0.1) is 20.8 Å². The number of ether oxygens (including phenoxy) is 2. The molecule has 0 bridgehead atoms. The number of rotatable bonds is 6. The van der Waals surface area contributed by atoms with Crippen LogP contribution in [0.25, 0.3) is 0 Å². The van der Waals surface area contributed by atoms with Crippen molar-refractivity contribution in [3.63, 3.8) is 0 Å². The number of hydrogen-bond donors (Lipinski definition) is 1. The minimum atomic E-state index is -4.09. The summed E-state index contributed by atoms with van der Waals surface area (Å²) in [4.78, 5) is 0.